The lowest BCUT2D eigenvalue weighted by molar-refractivity contribution is 0.0352. The molecule has 1 heterocycles. The fraction of sp³-hybridized carbons (Fsp3) is 0.357. The van der Waals surface area contributed by atoms with Crippen LogP contribution in [0.3, 0.4) is 0 Å². The van der Waals surface area contributed by atoms with E-state index in [1.807, 2.05) is 12.1 Å². The van der Waals surface area contributed by atoms with Crippen molar-refractivity contribution in [2.75, 3.05) is 13.7 Å². The van der Waals surface area contributed by atoms with Gasteiger partial charge in [0.2, 0.25) is 0 Å². The van der Waals surface area contributed by atoms with E-state index in [0.29, 0.717) is 5.56 Å². The molecule has 0 spiro atoms. The fourth-order valence-electron chi connectivity index (χ4n) is 1.93. The Hall–Kier alpha value is -1.61. The van der Waals surface area contributed by atoms with Crippen LogP contribution in [0, 0.1) is 0 Å². The molecule has 17 heavy (non-hydrogen) atoms. The average molecular weight is 232 g/mol. The summed E-state index contributed by atoms with van der Waals surface area (Å²) in [7, 11) is 1.38. The van der Waals surface area contributed by atoms with Crippen LogP contribution in [0.15, 0.2) is 36.4 Å². The highest BCUT2D eigenvalue weighted by Gasteiger charge is 2.18. The third-order valence-corrected chi connectivity index (χ3v) is 2.95. The molecule has 0 aliphatic carbocycles. The van der Waals surface area contributed by atoms with Crippen molar-refractivity contribution in [2.45, 2.75) is 18.9 Å². The molecular weight excluding hydrogens is 216 g/mol. The van der Waals surface area contributed by atoms with Crippen LogP contribution < -0.4 is 0 Å². The maximum absolute atomic E-state index is 11.3. The van der Waals surface area contributed by atoms with Crippen LogP contribution in [-0.2, 0) is 9.47 Å². The number of benzene rings is 1. The number of hydrogen-bond donors (Lipinski definition) is 0. The Morgan fingerprint density at radius 3 is 2.71 bits per heavy atom. The number of hydrogen-bond acceptors (Lipinski definition) is 3. The molecule has 1 aliphatic heterocycles. The summed E-state index contributed by atoms with van der Waals surface area (Å²) in [6, 6.07) is 7.36. The molecular formula is C14H16O3. The maximum atomic E-state index is 11.3. The van der Waals surface area contributed by atoms with E-state index in [4.69, 9.17) is 4.74 Å². The molecule has 0 saturated carbocycles. The molecule has 1 unspecified atom stereocenters. The molecule has 0 bridgehead atoms. The molecule has 0 N–H and O–H groups in total. The number of esters is 1. The van der Waals surface area contributed by atoms with Crippen molar-refractivity contribution in [3.05, 3.63) is 47.5 Å². The molecule has 2 rings (SSSR count). The zero-order valence-electron chi connectivity index (χ0n) is 9.94. The van der Waals surface area contributed by atoms with E-state index in [2.05, 4.69) is 11.3 Å². The number of carbonyl (C=O) groups excluding carboxylic acids is 1. The van der Waals surface area contributed by atoms with E-state index in [1.54, 1.807) is 12.1 Å². The first-order valence-corrected chi connectivity index (χ1v) is 5.67. The first kappa shape index (κ1) is 11.9. The van der Waals surface area contributed by atoms with Gasteiger partial charge in [0.05, 0.1) is 25.4 Å². The predicted molar refractivity (Wildman–Crippen MR) is 64.8 cm³/mol. The van der Waals surface area contributed by atoms with Crippen molar-refractivity contribution in [1.82, 2.24) is 0 Å². The Balaban J connectivity index is 2.12. The van der Waals surface area contributed by atoms with Crippen LogP contribution in [0.2, 0.25) is 0 Å². The van der Waals surface area contributed by atoms with Crippen LogP contribution >= 0.6 is 0 Å². The second-order valence-electron chi connectivity index (χ2n) is 4.18. The van der Waals surface area contributed by atoms with Crippen molar-refractivity contribution in [3.8, 4) is 0 Å². The fourth-order valence-corrected chi connectivity index (χ4v) is 1.93. The lowest BCUT2D eigenvalue weighted by Crippen LogP contribution is -2.13. The number of carbonyl (C=O) groups is 1. The summed E-state index contributed by atoms with van der Waals surface area (Å²) in [5, 5.41) is 0. The standard InChI is InChI=1S/C14H16O3/c1-10-7-8-17-13(9-10)11-3-5-12(6-4-11)14(15)16-2/h3-6,13H,1,7-9H2,2H3. The number of ether oxygens (including phenoxy) is 2. The van der Waals surface area contributed by atoms with Crippen molar-refractivity contribution in [3.63, 3.8) is 0 Å². The van der Waals surface area contributed by atoms with E-state index >= 15 is 0 Å². The summed E-state index contributed by atoms with van der Waals surface area (Å²) in [5.74, 6) is -0.314. The van der Waals surface area contributed by atoms with E-state index in [1.165, 1.54) is 12.7 Å². The Kier molecular flexibility index (Phi) is 3.59. The van der Waals surface area contributed by atoms with Gasteiger partial charge in [0.15, 0.2) is 0 Å². The summed E-state index contributed by atoms with van der Waals surface area (Å²) in [5.41, 5.74) is 2.86. The zero-order chi connectivity index (χ0) is 12.3. The average Bonchev–Trinajstić information content (AvgIpc) is 2.38. The summed E-state index contributed by atoms with van der Waals surface area (Å²) in [6.07, 6.45) is 1.87. The summed E-state index contributed by atoms with van der Waals surface area (Å²) in [6.45, 7) is 4.72. The minimum atomic E-state index is -0.314. The van der Waals surface area contributed by atoms with Gasteiger partial charge in [-0.3, -0.25) is 0 Å². The highest BCUT2D eigenvalue weighted by molar-refractivity contribution is 5.89. The monoisotopic (exact) mass is 232 g/mol. The molecule has 0 radical (unpaired) electrons. The quantitative estimate of drug-likeness (QED) is 0.581. The molecule has 1 aromatic rings. The van der Waals surface area contributed by atoms with Crippen LogP contribution in [-0.4, -0.2) is 19.7 Å². The number of rotatable bonds is 2. The molecule has 1 aliphatic rings. The first-order valence-electron chi connectivity index (χ1n) is 5.67. The molecule has 90 valence electrons. The van der Waals surface area contributed by atoms with Gasteiger partial charge >= 0.3 is 5.97 Å². The van der Waals surface area contributed by atoms with Crippen LogP contribution in [0.4, 0.5) is 0 Å². The summed E-state index contributed by atoms with van der Waals surface area (Å²) >= 11 is 0. The first-order chi connectivity index (χ1) is 8.20. The van der Waals surface area contributed by atoms with Gasteiger partial charge in [-0.2, -0.15) is 0 Å². The van der Waals surface area contributed by atoms with Gasteiger partial charge < -0.3 is 9.47 Å². The van der Waals surface area contributed by atoms with Crippen molar-refractivity contribution < 1.29 is 14.3 Å². The van der Waals surface area contributed by atoms with E-state index in [0.717, 1.165) is 25.0 Å². The molecule has 1 aromatic carbocycles. The Labute approximate surface area is 101 Å². The van der Waals surface area contributed by atoms with Crippen LogP contribution in [0.25, 0.3) is 0 Å². The van der Waals surface area contributed by atoms with Gasteiger partial charge in [-0.15, -0.1) is 0 Å². The van der Waals surface area contributed by atoms with Gasteiger partial charge in [0.25, 0.3) is 0 Å². The van der Waals surface area contributed by atoms with Gasteiger partial charge in [-0.05, 0) is 30.5 Å². The molecule has 3 heteroatoms. The van der Waals surface area contributed by atoms with Gasteiger partial charge in [-0.25, -0.2) is 4.79 Å². The summed E-state index contributed by atoms with van der Waals surface area (Å²) in [4.78, 5) is 11.3. The second-order valence-corrected chi connectivity index (χ2v) is 4.18. The van der Waals surface area contributed by atoms with Gasteiger partial charge in [-0.1, -0.05) is 24.3 Å². The van der Waals surface area contributed by atoms with E-state index in [9.17, 15) is 4.79 Å². The third-order valence-electron chi connectivity index (χ3n) is 2.95. The van der Waals surface area contributed by atoms with Crippen molar-refractivity contribution in [1.29, 1.82) is 0 Å². The SMILES string of the molecule is C=C1CCOC(c2ccc(C(=O)OC)cc2)C1. The Bertz CT molecular complexity index is 420. The lowest BCUT2D eigenvalue weighted by atomic mass is 9.97. The molecule has 0 aromatic heterocycles. The Morgan fingerprint density at radius 2 is 2.12 bits per heavy atom. The maximum Gasteiger partial charge on any atom is 0.337 e. The number of methoxy groups -OCH3 is 1. The van der Waals surface area contributed by atoms with Crippen molar-refractivity contribution in [2.24, 2.45) is 0 Å². The summed E-state index contributed by atoms with van der Waals surface area (Å²) < 4.78 is 10.3. The van der Waals surface area contributed by atoms with Gasteiger partial charge in [0, 0.05) is 0 Å². The van der Waals surface area contributed by atoms with E-state index < -0.39 is 0 Å². The van der Waals surface area contributed by atoms with E-state index in [-0.39, 0.29) is 12.1 Å². The van der Waals surface area contributed by atoms with Gasteiger partial charge in [0.1, 0.15) is 0 Å². The molecule has 0 amide bonds. The molecule has 3 nitrogen and oxygen atoms in total. The minimum Gasteiger partial charge on any atom is -0.465 e. The zero-order valence-corrected chi connectivity index (χ0v) is 9.94. The predicted octanol–water partition coefficient (Wildman–Crippen LogP) is 2.88. The minimum absolute atomic E-state index is 0.0722. The lowest BCUT2D eigenvalue weighted by Gasteiger charge is -2.24. The molecule has 1 fully saturated rings. The largest absolute Gasteiger partial charge is 0.465 e. The third kappa shape index (κ3) is 2.74. The highest BCUT2D eigenvalue weighted by Crippen LogP contribution is 2.30. The molecule has 1 saturated heterocycles. The second kappa shape index (κ2) is 5.15. The molecule has 1 atom stereocenters. The van der Waals surface area contributed by atoms with Crippen LogP contribution in [0.1, 0.15) is 34.9 Å². The van der Waals surface area contributed by atoms with Crippen molar-refractivity contribution >= 4 is 5.97 Å². The highest BCUT2D eigenvalue weighted by atomic mass is 16.5. The smallest absolute Gasteiger partial charge is 0.337 e. The van der Waals surface area contributed by atoms with Crippen LogP contribution in [0.5, 0.6) is 0 Å². The topological polar surface area (TPSA) is 35.5 Å². The normalized spacial score (nSPS) is 20.1. The Morgan fingerprint density at radius 1 is 1.41 bits per heavy atom.